The molecule has 0 amide bonds. The van der Waals surface area contributed by atoms with E-state index in [1.165, 1.54) is 0 Å². The van der Waals surface area contributed by atoms with Crippen molar-refractivity contribution in [1.29, 1.82) is 0 Å². The smallest absolute Gasteiger partial charge is 0.134 e. The van der Waals surface area contributed by atoms with Crippen LogP contribution in [0.1, 0.15) is 29.8 Å². The molecule has 0 fully saturated rings. The lowest BCUT2D eigenvalue weighted by atomic mass is 10.1. The van der Waals surface area contributed by atoms with Crippen molar-refractivity contribution < 1.29 is 0 Å². The molecule has 2 aromatic rings. The van der Waals surface area contributed by atoms with Crippen molar-refractivity contribution in [3.63, 3.8) is 0 Å². The van der Waals surface area contributed by atoms with E-state index >= 15 is 0 Å². The molecule has 1 unspecified atom stereocenters. The Bertz CT molecular complexity index is 508. The number of hydrogen-bond donors (Lipinski definition) is 1. The Balaban J connectivity index is 2.20. The van der Waals surface area contributed by atoms with Crippen molar-refractivity contribution >= 4 is 0 Å². The van der Waals surface area contributed by atoms with Gasteiger partial charge in [-0.05, 0) is 32.0 Å². The molecule has 2 aromatic heterocycles. The van der Waals surface area contributed by atoms with E-state index in [0.717, 1.165) is 29.3 Å². The van der Waals surface area contributed by atoms with Crippen LogP contribution in [-0.2, 0) is 12.8 Å². The third-order valence-electron chi connectivity index (χ3n) is 2.55. The van der Waals surface area contributed by atoms with Gasteiger partial charge in [0.15, 0.2) is 0 Å². The second-order valence-electron chi connectivity index (χ2n) is 4.60. The van der Waals surface area contributed by atoms with Crippen molar-refractivity contribution in [2.75, 3.05) is 0 Å². The first-order chi connectivity index (χ1) is 8.63. The highest BCUT2D eigenvalue weighted by atomic mass is 14.9. The molecule has 2 heterocycles. The first kappa shape index (κ1) is 12.6. The van der Waals surface area contributed by atoms with Gasteiger partial charge in [0.25, 0.3) is 0 Å². The summed E-state index contributed by atoms with van der Waals surface area (Å²) in [5.41, 5.74) is 8.77. The van der Waals surface area contributed by atoms with E-state index in [-0.39, 0.29) is 6.04 Å². The van der Waals surface area contributed by atoms with Crippen molar-refractivity contribution in [3.8, 4) is 0 Å². The number of aromatic nitrogens is 3. The van der Waals surface area contributed by atoms with Gasteiger partial charge < -0.3 is 5.73 Å². The molecule has 0 bridgehead atoms. The van der Waals surface area contributed by atoms with Gasteiger partial charge in [-0.2, -0.15) is 0 Å². The van der Waals surface area contributed by atoms with Gasteiger partial charge in [0.2, 0.25) is 0 Å². The summed E-state index contributed by atoms with van der Waals surface area (Å²) >= 11 is 0. The molecule has 4 heteroatoms. The van der Waals surface area contributed by atoms with E-state index in [9.17, 15) is 0 Å². The Kier molecular flexibility index (Phi) is 3.99. The fourth-order valence-corrected chi connectivity index (χ4v) is 1.88. The van der Waals surface area contributed by atoms with Gasteiger partial charge in [0.1, 0.15) is 5.82 Å². The fourth-order valence-electron chi connectivity index (χ4n) is 1.88. The number of hydrogen-bond acceptors (Lipinski definition) is 4. The van der Waals surface area contributed by atoms with Gasteiger partial charge >= 0.3 is 0 Å². The van der Waals surface area contributed by atoms with Gasteiger partial charge in [-0.3, -0.25) is 4.98 Å². The largest absolute Gasteiger partial charge is 0.328 e. The van der Waals surface area contributed by atoms with E-state index in [0.29, 0.717) is 6.42 Å². The van der Waals surface area contributed by atoms with Crippen LogP contribution in [0.3, 0.4) is 0 Å². The molecule has 0 aliphatic heterocycles. The lowest BCUT2D eigenvalue weighted by Crippen LogP contribution is -2.19. The topological polar surface area (TPSA) is 64.7 Å². The van der Waals surface area contributed by atoms with Crippen LogP contribution >= 0.6 is 0 Å². The van der Waals surface area contributed by atoms with Crippen LogP contribution in [0.4, 0.5) is 0 Å². The Morgan fingerprint density at radius 3 is 2.72 bits per heavy atom. The normalized spacial score (nSPS) is 12.4. The van der Waals surface area contributed by atoms with Crippen molar-refractivity contribution in [2.24, 2.45) is 5.73 Å². The standard InChI is InChI=1S/C14H18N4/c1-10(15)7-13-8-11(2)17-14(18-13)9-12-5-3-4-6-16-12/h3-6,8,10H,7,9,15H2,1-2H3. The zero-order chi connectivity index (χ0) is 13.0. The van der Waals surface area contributed by atoms with Crippen LogP contribution in [0.15, 0.2) is 30.5 Å². The Morgan fingerprint density at radius 1 is 1.22 bits per heavy atom. The monoisotopic (exact) mass is 242 g/mol. The molecule has 0 aliphatic carbocycles. The molecule has 0 spiro atoms. The highest BCUT2D eigenvalue weighted by Crippen LogP contribution is 2.07. The molecule has 4 nitrogen and oxygen atoms in total. The number of rotatable bonds is 4. The first-order valence-corrected chi connectivity index (χ1v) is 6.12. The third-order valence-corrected chi connectivity index (χ3v) is 2.55. The van der Waals surface area contributed by atoms with E-state index in [4.69, 9.17) is 5.73 Å². The lowest BCUT2D eigenvalue weighted by Gasteiger charge is -2.07. The van der Waals surface area contributed by atoms with Crippen LogP contribution in [0, 0.1) is 6.92 Å². The molecule has 2 N–H and O–H groups in total. The lowest BCUT2D eigenvalue weighted by molar-refractivity contribution is 0.711. The fraction of sp³-hybridized carbons (Fsp3) is 0.357. The molecule has 2 rings (SSSR count). The molecule has 0 aliphatic rings. The van der Waals surface area contributed by atoms with Crippen LogP contribution in [0.25, 0.3) is 0 Å². The number of nitrogens with zero attached hydrogens (tertiary/aromatic N) is 3. The molecule has 18 heavy (non-hydrogen) atoms. The van der Waals surface area contributed by atoms with Crippen molar-refractivity contribution in [3.05, 3.63) is 53.4 Å². The second-order valence-corrected chi connectivity index (χ2v) is 4.60. The Morgan fingerprint density at radius 2 is 2.06 bits per heavy atom. The summed E-state index contributed by atoms with van der Waals surface area (Å²) < 4.78 is 0. The Hall–Kier alpha value is -1.81. The van der Waals surface area contributed by atoms with Gasteiger partial charge in [0, 0.05) is 35.7 Å². The average Bonchev–Trinajstić information content (AvgIpc) is 2.28. The van der Waals surface area contributed by atoms with Gasteiger partial charge in [-0.25, -0.2) is 9.97 Å². The van der Waals surface area contributed by atoms with Crippen LogP contribution in [-0.4, -0.2) is 21.0 Å². The van der Waals surface area contributed by atoms with E-state index in [1.54, 1.807) is 6.20 Å². The maximum atomic E-state index is 5.80. The summed E-state index contributed by atoms with van der Waals surface area (Å²) in [5.74, 6) is 0.810. The van der Waals surface area contributed by atoms with E-state index in [1.807, 2.05) is 38.1 Å². The molecule has 0 saturated heterocycles. The van der Waals surface area contributed by atoms with Crippen LogP contribution < -0.4 is 5.73 Å². The third kappa shape index (κ3) is 3.60. The van der Waals surface area contributed by atoms with E-state index < -0.39 is 0 Å². The first-order valence-electron chi connectivity index (χ1n) is 6.12. The second kappa shape index (κ2) is 5.69. The number of nitrogens with two attached hydrogens (primary N) is 1. The van der Waals surface area contributed by atoms with Crippen LogP contribution in [0.2, 0.25) is 0 Å². The maximum absolute atomic E-state index is 5.80. The maximum Gasteiger partial charge on any atom is 0.134 e. The molecular weight excluding hydrogens is 224 g/mol. The molecule has 0 radical (unpaired) electrons. The number of pyridine rings is 1. The zero-order valence-corrected chi connectivity index (χ0v) is 10.8. The molecular formula is C14H18N4. The summed E-state index contributed by atoms with van der Waals surface area (Å²) in [4.78, 5) is 13.3. The van der Waals surface area contributed by atoms with Crippen molar-refractivity contribution in [2.45, 2.75) is 32.7 Å². The minimum atomic E-state index is 0.113. The Labute approximate surface area is 107 Å². The highest BCUT2D eigenvalue weighted by molar-refractivity contribution is 5.15. The summed E-state index contributed by atoms with van der Waals surface area (Å²) in [5, 5.41) is 0. The van der Waals surface area contributed by atoms with Crippen LogP contribution in [0.5, 0.6) is 0 Å². The minimum Gasteiger partial charge on any atom is -0.328 e. The zero-order valence-electron chi connectivity index (χ0n) is 10.8. The summed E-state index contributed by atoms with van der Waals surface area (Å²) in [6.07, 6.45) is 3.22. The molecule has 0 saturated carbocycles. The predicted molar refractivity (Wildman–Crippen MR) is 71.2 cm³/mol. The quantitative estimate of drug-likeness (QED) is 0.885. The summed E-state index contributed by atoms with van der Waals surface area (Å²) in [6.45, 7) is 3.96. The van der Waals surface area contributed by atoms with Gasteiger partial charge in [0.05, 0.1) is 6.42 Å². The number of aryl methyl sites for hydroxylation is 1. The van der Waals surface area contributed by atoms with E-state index in [2.05, 4.69) is 15.0 Å². The van der Waals surface area contributed by atoms with Crippen molar-refractivity contribution in [1.82, 2.24) is 15.0 Å². The molecule has 94 valence electrons. The van der Waals surface area contributed by atoms with Gasteiger partial charge in [-0.15, -0.1) is 0 Å². The summed E-state index contributed by atoms with van der Waals surface area (Å²) in [7, 11) is 0. The summed E-state index contributed by atoms with van der Waals surface area (Å²) in [6, 6.07) is 7.97. The molecule has 0 aromatic carbocycles. The molecule has 1 atom stereocenters. The predicted octanol–water partition coefficient (Wildman–Crippen LogP) is 1.66. The van der Waals surface area contributed by atoms with Gasteiger partial charge in [-0.1, -0.05) is 6.07 Å². The SMILES string of the molecule is Cc1cc(CC(C)N)nc(Cc2ccccn2)n1. The average molecular weight is 242 g/mol. The minimum absolute atomic E-state index is 0.113. The highest BCUT2D eigenvalue weighted by Gasteiger charge is 2.06.